The molecule has 3 heteroatoms. The normalized spacial score (nSPS) is 15.1. The molecule has 0 spiro atoms. The first-order chi connectivity index (χ1) is 6.15. The molecule has 0 fully saturated rings. The second-order valence-electron chi connectivity index (χ2n) is 3.18. The molecule has 2 unspecified atom stereocenters. The molecule has 0 aliphatic rings. The fourth-order valence-corrected chi connectivity index (χ4v) is 1.08. The van der Waals surface area contributed by atoms with Crippen LogP contribution in [0, 0.1) is 0 Å². The van der Waals surface area contributed by atoms with Crippen LogP contribution in [0.3, 0.4) is 0 Å². The Bertz CT molecular complexity index is 145. The molecule has 2 atom stereocenters. The number of carbonyl (C=O) groups is 1. The number of ether oxygens (including phenoxy) is 1. The van der Waals surface area contributed by atoms with Gasteiger partial charge in [-0.05, 0) is 19.3 Å². The van der Waals surface area contributed by atoms with E-state index in [-0.39, 0.29) is 6.10 Å². The summed E-state index contributed by atoms with van der Waals surface area (Å²) < 4.78 is 5.10. The monoisotopic (exact) mass is 188 g/mol. The smallest absolute Gasteiger partial charge is 0.335 e. The van der Waals surface area contributed by atoms with Crippen LogP contribution in [0.2, 0.25) is 0 Å². The minimum atomic E-state index is -0.953. The Balaban J connectivity index is 3.85. The van der Waals surface area contributed by atoms with Gasteiger partial charge in [-0.2, -0.15) is 0 Å². The Labute approximate surface area is 80.1 Å². The predicted octanol–water partition coefficient (Wildman–Crippen LogP) is 1.88. The van der Waals surface area contributed by atoms with E-state index >= 15 is 0 Å². The molecule has 0 bridgehead atoms. The standard InChI is InChI=1S/C10H20O3/c1-4-7-8(5-2)13-10(12)9(11)6-3/h8-9,11H,4-7H2,1-3H3. The van der Waals surface area contributed by atoms with Gasteiger partial charge >= 0.3 is 5.97 Å². The molecular formula is C10H20O3. The fraction of sp³-hybridized carbons (Fsp3) is 0.900. The number of hydrogen-bond acceptors (Lipinski definition) is 3. The number of carbonyl (C=O) groups excluding carboxylic acids is 1. The maximum Gasteiger partial charge on any atom is 0.335 e. The molecule has 0 aliphatic carbocycles. The van der Waals surface area contributed by atoms with Crippen LogP contribution in [-0.2, 0) is 9.53 Å². The quantitative estimate of drug-likeness (QED) is 0.647. The first kappa shape index (κ1) is 12.4. The van der Waals surface area contributed by atoms with E-state index in [9.17, 15) is 4.79 Å². The Hall–Kier alpha value is -0.570. The second kappa shape index (κ2) is 6.89. The van der Waals surface area contributed by atoms with E-state index in [1.165, 1.54) is 0 Å². The number of rotatable bonds is 6. The van der Waals surface area contributed by atoms with E-state index in [1.54, 1.807) is 6.92 Å². The first-order valence-electron chi connectivity index (χ1n) is 5.04. The summed E-state index contributed by atoms with van der Waals surface area (Å²) in [5, 5.41) is 9.16. The molecule has 0 aromatic rings. The average molecular weight is 188 g/mol. The van der Waals surface area contributed by atoms with Gasteiger partial charge in [-0.25, -0.2) is 4.79 Å². The zero-order valence-electron chi connectivity index (χ0n) is 8.75. The van der Waals surface area contributed by atoms with Crippen molar-refractivity contribution >= 4 is 5.97 Å². The van der Waals surface area contributed by atoms with Crippen LogP contribution >= 0.6 is 0 Å². The molecule has 0 aromatic carbocycles. The minimum Gasteiger partial charge on any atom is -0.460 e. The SMILES string of the molecule is CCCC(CC)OC(=O)C(O)CC. The summed E-state index contributed by atoms with van der Waals surface area (Å²) in [5.41, 5.74) is 0. The number of esters is 1. The number of aliphatic hydroxyl groups excluding tert-OH is 1. The molecule has 1 N–H and O–H groups in total. The summed E-state index contributed by atoms with van der Waals surface area (Å²) >= 11 is 0. The van der Waals surface area contributed by atoms with Crippen molar-refractivity contribution in [2.24, 2.45) is 0 Å². The molecular weight excluding hydrogens is 168 g/mol. The van der Waals surface area contributed by atoms with E-state index in [4.69, 9.17) is 9.84 Å². The Kier molecular flexibility index (Phi) is 6.59. The van der Waals surface area contributed by atoms with E-state index in [1.807, 2.05) is 13.8 Å². The van der Waals surface area contributed by atoms with Crippen LogP contribution < -0.4 is 0 Å². The van der Waals surface area contributed by atoms with Crippen LogP contribution in [0.25, 0.3) is 0 Å². The highest BCUT2D eigenvalue weighted by molar-refractivity contribution is 5.74. The highest BCUT2D eigenvalue weighted by Gasteiger charge is 2.17. The fourth-order valence-electron chi connectivity index (χ4n) is 1.08. The largest absolute Gasteiger partial charge is 0.460 e. The topological polar surface area (TPSA) is 46.5 Å². The summed E-state index contributed by atoms with van der Waals surface area (Å²) in [5.74, 6) is -0.484. The number of aliphatic hydroxyl groups is 1. The summed E-state index contributed by atoms with van der Waals surface area (Å²) in [6.45, 7) is 5.78. The lowest BCUT2D eigenvalue weighted by Gasteiger charge is -2.17. The molecule has 0 saturated carbocycles. The van der Waals surface area contributed by atoms with Gasteiger partial charge in [-0.1, -0.05) is 27.2 Å². The average Bonchev–Trinajstić information content (AvgIpc) is 2.15. The highest BCUT2D eigenvalue weighted by atomic mass is 16.6. The minimum absolute atomic E-state index is 0.0290. The van der Waals surface area contributed by atoms with Gasteiger partial charge in [-0.15, -0.1) is 0 Å². The molecule has 0 heterocycles. The maximum atomic E-state index is 11.1. The van der Waals surface area contributed by atoms with Crippen molar-refractivity contribution in [3.05, 3.63) is 0 Å². The molecule has 0 rings (SSSR count). The Morgan fingerprint density at radius 3 is 2.31 bits per heavy atom. The summed E-state index contributed by atoms with van der Waals surface area (Å²) in [6.07, 6.45) is 2.12. The van der Waals surface area contributed by atoms with E-state index in [0.29, 0.717) is 6.42 Å². The third-order valence-electron chi connectivity index (χ3n) is 2.01. The molecule has 0 amide bonds. The van der Waals surface area contributed by atoms with Crippen LogP contribution in [0.4, 0.5) is 0 Å². The molecule has 78 valence electrons. The first-order valence-corrected chi connectivity index (χ1v) is 5.04. The van der Waals surface area contributed by atoms with Crippen LogP contribution in [-0.4, -0.2) is 23.3 Å². The van der Waals surface area contributed by atoms with Gasteiger partial charge in [-0.3, -0.25) is 0 Å². The summed E-state index contributed by atoms with van der Waals surface area (Å²) in [6, 6.07) is 0. The molecule has 3 nitrogen and oxygen atoms in total. The van der Waals surface area contributed by atoms with Gasteiger partial charge in [0.2, 0.25) is 0 Å². The van der Waals surface area contributed by atoms with Crippen LogP contribution in [0.1, 0.15) is 46.5 Å². The van der Waals surface area contributed by atoms with Crippen molar-refractivity contribution in [3.8, 4) is 0 Å². The van der Waals surface area contributed by atoms with E-state index in [0.717, 1.165) is 19.3 Å². The third-order valence-corrected chi connectivity index (χ3v) is 2.01. The van der Waals surface area contributed by atoms with Gasteiger partial charge in [0.25, 0.3) is 0 Å². The number of hydrogen-bond donors (Lipinski definition) is 1. The molecule has 0 saturated heterocycles. The molecule has 0 radical (unpaired) electrons. The second-order valence-corrected chi connectivity index (χ2v) is 3.18. The van der Waals surface area contributed by atoms with Gasteiger partial charge in [0, 0.05) is 0 Å². The van der Waals surface area contributed by atoms with Crippen molar-refractivity contribution in [1.29, 1.82) is 0 Å². The van der Waals surface area contributed by atoms with Gasteiger partial charge in [0.05, 0.1) is 0 Å². The molecule has 13 heavy (non-hydrogen) atoms. The van der Waals surface area contributed by atoms with Gasteiger partial charge < -0.3 is 9.84 Å². The van der Waals surface area contributed by atoms with Crippen LogP contribution in [0.15, 0.2) is 0 Å². The maximum absolute atomic E-state index is 11.1. The van der Waals surface area contributed by atoms with Gasteiger partial charge in [0.15, 0.2) is 6.10 Å². The third kappa shape index (κ3) is 4.88. The molecule has 0 aliphatic heterocycles. The Morgan fingerprint density at radius 1 is 1.31 bits per heavy atom. The van der Waals surface area contributed by atoms with Crippen molar-refractivity contribution < 1.29 is 14.6 Å². The highest BCUT2D eigenvalue weighted by Crippen LogP contribution is 2.08. The van der Waals surface area contributed by atoms with E-state index in [2.05, 4.69) is 0 Å². The zero-order valence-corrected chi connectivity index (χ0v) is 8.75. The molecule has 0 aromatic heterocycles. The lowest BCUT2D eigenvalue weighted by molar-refractivity contribution is -0.159. The lowest BCUT2D eigenvalue weighted by atomic mass is 10.1. The van der Waals surface area contributed by atoms with Crippen molar-refractivity contribution in [2.75, 3.05) is 0 Å². The van der Waals surface area contributed by atoms with Gasteiger partial charge in [0.1, 0.15) is 6.10 Å². The van der Waals surface area contributed by atoms with Crippen molar-refractivity contribution in [3.63, 3.8) is 0 Å². The summed E-state index contributed by atoms with van der Waals surface area (Å²) in [4.78, 5) is 11.1. The van der Waals surface area contributed by atoms with Crippen molar-refractivity contribution in [1.82, 2.24) is 0 Å². The van der Waals surface area contributed by atoms with Crippen LogP contribution in [0.5, 0.6) is 0 Å². The lowest BCUT2D eigenvalue weighted by Crippen LogP contribution is -2.27. The predicted molar refractivity (Wildman–Crippen MR) is 51.4 cm³/mol. The summed E-state index contributed by atoms with van der Waals surface area (Å²) in [7, 11) is 0. The van der Waals surface area contributed by atoms with E-state index < -0.39 is 12.1 Å². The van der Waals surface area contributed by atoms with Crippen molar-refractivity contribution in [2.45, 2.75) is 58.7 Å². The Morgan fingerprint density at radius 2 is 1.92 bits per heavy atom. The zero-order chi connectivity index (χ0) is 10.3.